The molecular weight excluding hydrogens is 416 g/mol. The van der Waals surface area contributed by atoms with Crippen molar-refractivity contribution in [3.8, 4) is 11.6 Å². The number of anilines is 1. The second-order valence-corrected chi connectivity index (χ2v) is 8.02. The second-order valence-electron chi connectivity index (χ2n) is 7.58. The lowest BCUT2D eigenvalue weighted by atomic mass is 10.3. The van der Waals surface area contributed by atoms with Gasteiger partial charge in [0.15, 0.2) is 12.4 Å². The van der Waals surface area contributed by atoms with Gasteiger partial charge < -0.3 is 14.5 Å². The van der Waals surface area contributed by atoms with Crippen LogP contribution in [0.5, 0.6) is 5.75 Å². The fourth-order valence-electron chi connectivity index (χ4n) is 3.62. The van der Waals surface area contributed by atoms with Crippen LogP contribution in [0.4, 0.5) is 5.82 Å². The number of piperazine rings is 1. The Kier molecular flexibility index (Phi) is 6.08. The van der Waals surface area contributed by atoms with Crippen molar-refractivity contribution in [1.29, 1.82) is 0 Å². The number of halogens is 1. The van der Waals surface area contributed by atoms with Gasteiger partial charge in [-0.2, -0.15) is 5.10 Å². The van der Waals surface area contributed by atoms with E-state index in [1.54, 1.807) is 24.3 Å². The van der Waals surface area contributed by atoms with Crippen molar-refractivity contribution in [3.05, 3.63) is 58.6 Å². The lowest BCUT2D eigenvalue weighted by Crippen LogP contribution is -2.50. The average molecular weight is 441 g/mol. The number of amides is 1. The van der Waals surface area contributed by atoms with Crippen LogP contribution in [0.1, 0.15) is 17.2 Å². The van der Waals surface area contributed by atoms with Crippen molar-refractivity contribution < 1.29 is 9.53 Å². The van der Waals surface area contributed by atoms with Crippen LogP contribution in [0.2, 0.25) is 5.02 Å². The molecule has 31 heavy (non-hydrogen) atoms. The zero-order valence-corrected chi connectivity index (χ0v) is 18.6. The predicted molar refractivity (Wildman–Crippen MR) is 119 cm³/mol. The minimum atomic E-state index is -0.0307. The third-order valence-electron chi connectivity index (χ3n) is 5.17. The van der Waals surface area contributed by atoms with Crippen molar-refractivity contribution in [2.75, 3.05) is 37.7 Å². The molecule has 1 aliphatic heterocycles. The van der Waals surface area contributed by atoms with E-state index < -0.39 is 0 Å². The van der Waals surface area contributed by atoms with Crippen LogP contribution >= 0.6 is 11.6 Å². The van der Waals surface area contributed by atoms with E-state index >= 15 is 0 Å². The summed E-state index contributed by atoms with van der Waals surface area (Å²) in [5, 5.41) is 5.16. The molecule has 0 aliphatic carbocycles. The molecule has 3 heterocycles. The highest BCUT2D eigenvalue weighted by Crippen LogP contribution is 2.19. The summed E-state index contributed by atoms with van der Waals surface area (Å²) in [7, 11) is 0. The molecular formula is C22H25ClN6O2. The van der Waals surface area contributed by atoms with E-state index in [9.17, 15) is 4.79 Å². The monoisotopic (exact) mass is 440 g/mol. The zero-order valence-electron chi connectivity index (χ0n) is 17.9. The molecule has 1 aromatic carbocycles. The summed E-state index contributed by atoms with van der Waals surface area (Å²) in [6.45, 7) is 8.48. The maximum absolute atomic E-state index is 12.5. The number of aromatic nitrogens is 4. The first-order valence-corrected chi connectivity index (χ1v) is 10.6. The molecule has 0 N–H and O–H groups in total. The third kappa shape index (κ3) is 4.96. The number of aryl methyl sites for hydroxylation is 3. The van der Waals surface area contributed by atoms with E-state index in [4.69, 9.17) is 16.3 Å². The molecule has 0 spiro atoms. The summed E-state index contributed by atoms with van der Waals surface area (Å²) in [6.07, 6.45) is 0. The molecule has 8 nitrogen and oxygen atoms in total. The number of hydrogen-bond donors (Lipinski definition) is 0. The normalized spacial score (nSPS) is 14.1. The molecule has 1 aliphatic rings. The van der Waals surface area contributed by atoms with Gasteiger partial charge in [-0.3, -0.25) is 4.79 Å². The Morgan fingerprint density at radius 1 is 1.00 bits per heavy atom. The van der Waals surface area contributed by atoms with Gasteiger partial charge in [0.25, 0.3) is 5.91 Å². The maximum atomic E-state index is 12.5. The van der Waals surface area contributed by atoms with Crippen molar-refractivity contribution in [3.63, 3.8) is 0 Å². The highest BCUT2D eigenvalue weighted by atomic mass is 35.5. The molecule has 3 aromatic rings. The van der Waals surface area contributed by atoms with Crippen LogP contribution < -0.4 is 9.64 Å². The fraction of sp³-hybridized carbons (Fsp3) is 0.364. The summed E-state index contributed by atoms with van der Waals surface area (Å²) in [5.41, 5.74) is 1.97. The minimum Gasteiger partial charge on any atom is -0.484 e. The van der Waals surface area contributed by atoms with Gasteiger partial charge in [-0.05, 0) is 51.1 Å². The third-order valence-corrected chi connectivity index (χ3v) is 5.42. The van der Waals surface area contributed by atoms with E-state index in [2.05, 4.69) is 20.0 Å². The summed E-state index contributed by atoms with van der Waals surface area (Å²) in [6, 6.07) is 11.0. The van der Waals surface area contributed by atoms with Gasteiger partial charge in [0.2, 0.25) is 0 Å². The molecule has 1 fully saturated rings. The van der Waals surface area contributed by atoms with Gasteiger partial charge >= 0.3 is 0 Å². The van der Waals surface area contributed by atoms with Crippen molar-refractivity contribution >= 4 is 23.3 Å². The zero-order chi connectivity index (χ0) is 22.0. The first kappa shape index (κ1) is 21.1. The van der Waals surface area contributed by atoms with Crippen LogP contribution in [0.3, 0.4) is 0 Å². The number of ether oxygens (including phenoxy) is 1. The number of carbonyl (C=O) groups excluding carboxylic acids is 1. The van der Waals surface area contributed by atoms with Crippen molar-refractivity contribution in [2.24, 2.45) is 0 Å². The Morgan fingerprint density at radius 2 is 1.68 bits per heavy atom. The molecule has 0 saturated carbocycles. The van der Waals surface area contributed by atoms with Gasteiger partial charge in [-0.15, -0.1) is 0 Å². The Labute approximate surface area is 186 Å². The van der Waals surface area contributed by atoms with E-state index in [0.29, 0.717) is 42.8 Å². The van der Waals surface area contributed by atoms with Crippen LogP contribution in [0.25, 0.3) is 5.82 Å². The minimum absolute atomic E-state index is 0.0102. The Hall–Kier alpha value is -3.13. The highest BCUT2D eigenvalue weighted by Gasteiger charge is 2.23. The van der Waals surface area contributed by atoms with Crippen LogP contribution in [-0.2, 0) is 4.79 Å². The Morgan fingerprint density at radius 3 is 2.32 bits per heavy atom. The topological polar surface area (TPSA) is 76.4 Å². The van der Waals surface area contributed by atoms with Crippen LogP contribution in [0, 0.1) is 20.8 Å². The molecule has 0 atom stereocenters. The maximum Gasteiger partial charge on any atom is 0.260 e. The van der Waals surface area contributed by atoms with Gasteiger partial charge in [0.1, 0.15) is 17.4 Å². The van der Waals surface area contributed by atoms with Gasteiger partial charge in [0.05, 0.1) is 5.69 Å². The first-order chi connectivity index (χ1) is 14.9. The summed E-state index contributed by atoms with van der Waals surface area (Å²) < 4.78 is 7.42. The number of nitrogens with zero attached hydrogens (tertiary/aromatic N) is 6. The quantitative estimate of drug-likeness (QED) is 0.607. The molecule has 2 aromatic heterocycles. The summed E-state index contributed by atoms with van der Waals surface area (Å²) in [4.78, 5) is 25.7. The molecule has 4 rings (SSSR count). The van der Waals surface area contributed by atoms with Gasteiger partial charge in [-0.25, -0.2) is 14.6 Å². The SMILES string of the molecule is Cc1cc(C)n(-c2cc(N3CCN(C(=O)COc4ccc(Cl)cc4)CC3)nc(C)n2)n1. The van der Waals surface area contributed by atoms with E-state index in [-0.39, 0.29) is 12.5 Å². The van der Waals surface area contributed by atoms with Gasteiger partial charge in [-0.1, -0.05) is 11.6 Å². The summed E-state index contributed by atoms with van der Waals surface area (Å²) in [5.74, 6) is 2.89. The molecule has 1 saturated heterocycles. The summed E-state index contributed by atoms with van der Waals surface area (Å²) >= 11 is 5.87. The second kappa shape index (κ2) is 8.93. The Balaban J connectivity index is 1.37. The smallest absolute Gasteiger partial charge is 0.260 e. The molecule has 162 valence electrons. The van der Waals surface area contributed by atoms with Crippen molar-refractivity contribution in [1.82, 2.24) is 24.6 Å². The predicted octanol–water partition coefficient (Wildman–Crippen LogP) is 2.97. The number of carbonyl (C=O) groups is 1. The molecule has 1 amide bonds. The van der Waals surface area contributed by atoms with E-state index in [1.165, 1.54) is 0 Å². The lowest BCUT2D eigenvalue weighted by molar-refractivity contribution is -0.133. The molecule has 0 bridgehead atoms. The highest BCUT2D eigenvalue weighted by molar-refractivity contribution is 6.30. The average Bonchev–Trinajstić information content (AvgIpc) is 3.11. The molecule has 0 unspecified atom stereocenters. The first-order valence-electron chi connectivity index (χ1n) is 10.2. The van der Waals surface area contributed by atoms with Crippen LogP contribution in [-0.4, -0.2) is 63.3 Å². The van der Waals surface area contributed by atoms with Crippen molar-refractivity contribution in [2.45, 2.75) is 20.8 Å². The Bertz CT molecular complexity index is 1070. The van der Waals surface area contributed by atoms with E-state index in [1.807, 2.05) is 42.5 Å². The number of hydrogen-bond acceptors (Lipinski definition) is 6. The van der Waals surface area contributed by atoms with E-state index in [0.717, 1.165) is 23.0 Å². The molecule has 0 radical (unpaired) electrons. The molecule has 9 heteroatoms. The largest absolute Gasteiger partial charge is 0.484 e. The fourth-order valence-corrected chi connectivity index (χ4v) is 3.75. The number of rotatable bonds is 5. The lowest BCUT2D eigenvalue weighted by Gasteiger charge is -2.35. The number of benzene rings is 1. The standard InChI is InChI=1S/C22H25ClN6O2/c1-15-12-16(2)29(26-15)21-13-20(24-17(3)25-21)27-8-10-28(11-9-27)22(30)14-31-19-6-4-18(23)5-7-19/h4-7,12-13H,8-11,14H2,1-3H3. The van der Waals surface area contributed by atoms with Crippen LogP contribution in [0.15, 0.2) is 36.4 Å². The van der Waals surface area contributed by atoms with Gasteiger partial charge in [0, 0.05) is 43.0 Å².